The van der Waals surface area contributed by atoms with E-state index >= 15 is 0 Å². The van der Waals surface area contributed by atoms with Crippen molar-refractivity contribution in [1.29, 1.82) is 0 Å². The van der Waals surface area contributed by atoms with Crippen LogP contribution in [0.4, 0.5) is 8.78 Å². The highest BCUT2D eigenvalue weighted by Crippen LogP contribution is 2.25. The Bertz CT molecular complexity index is 838. The Morgan fingerprint density at radius 3 is 2.37 bits per heavy atom. The van der Waals surface area contributed by atoms with Gasteiger partial charge in [-0.1, -0.05) is 18.6 Å². The normalized spacial score (nSPS) is 15.8. The average Bonchev–Trinajstić information content (AvgIpc) is 2.68. The summed E-state index contributed by atoms with van der Waals surface area (Å²) in [4.78, 5) is 4.46. The third-order valence-corrected chi connectivity index (χ3v) is 7.09. The highest BCUT2D eigenvalue weighted by atomic mass is 32.2. The first-order valence-corrected chi connectivity index (χ1v) is 11.0. The molecule has 3 rings (SSSR count). The van der Waals surface area contributed by atoms with E-state index < -0.39 is 16.6 Å². The van der Waals surface area contributed by atoms with Crippen LogP contribution in [-0.2, 0) is 15.8 Å². The predicted molar refractivity (Wildman–Crippen MR) is 99.5 cm³/mol. The summed E-state index contributed by atoms with van der Waals surface area (Å²) in [6.07, 6.45) is 4.24. The van der Waals surface area contributed by atoms with Gasteiger partial charge in [-0.3, -0.25) is 0 Å². The van der Waals surface area contributed by atoms with E-state index in [1.165, 1.54) is 34.4 Å². The molecule has 1 aromatic heterocycles. The Morgan fingerprint density at radius 2 is 1.78 bits per heavy atom. The maximum atomic E-state index is 12.6. The Balaban J connectivity index is 1.59. The van der Waals surface area contributed by atoms with Gasteiger partial charge >= 0.3 is 6.61 Å². The molecule has 0 radical (unpaired) electrons. The molecular formula is C18H20F2N2O3S2. The van der Waals surface area contributed by atoms with Gasteiger partial charge in [0.2, 0.25) is 10.0 Å². The van der Waals surface area contributed by atoms with E-state index in [4.69, 9.17) is 0 Å². The molecule has 1 saturated heterocycles. The summed E-state index contributed by atoms with van der Waals surface area (Å²) in [6, 6.07) is 9.67. The van der Waals surface area contributed by atoms with Crippen LogP contribution in [0.5, 0.6) is 5.75 Å². The largest absolute Gasteiger partial charge is 0.435 e. The molecule has 0 N–H and O–H groups in total. The lowest BCUT2D eigenvalue weighted by atomic mass is 10.2. The van der Waals surface area contributed by atoms with Crippen molar-refractivity contribution in [2.45, 2.75) is 41.5 Å². The van der Waals surface area contributed by atoms with Gasteiger partial charge in [-0.05, 0) is 42.7 Å². The molecule has 1 aliphatic heterocycles. The Kier molecular flexibility index (Phi) is 6.67. The number of hydrogen-bond acceptors (Lipinski definition) is 5. The van der Waals surface area contributed by atoms with Gasteiger partial charge in [0.05, 0.1) is 5.03 Å². The number of thioether (sulfide) groups is 1. The number of ether oxygens (including phenoxy) is 1. The summed E-state index contributed by atoms with van der Waals surface area (Å²) in [5.74, 6) is 0.698. The highest BCUT2D eigenvalue weighted by molar-refractivity contribution is 7.98. The van der Waals surface area contributed by atoms with Crippen LogP contribution in [0.25, 0.3) is 0 Å². The van der Waals surface area contributed by atoms with E-state index in [0.717, 1.165) is 24.8 Å². The molecule has 5 nitrogen and oxygen atoms in total. The standard InChI is InChI=1S/C18H20F2N2O3S2/c19-18(20)25-15-6-4-14(5-7-15)13-26-17-9-8-16(12-21-17)27(23,24)22-10-2-1-3-11-22/h4-9,12,18H,1-3,10-11,13H2. The third-order valence-electron chi connectivity index (χ3n) is 4.20. The van der Waals surface area contributed by atoms with Gasteiger partial charge in [-0.25, -0.2) is 13.4 Å². The van der Waals surface area contributed by atoms with Crippen molar-refractivity contribution in [3.05, 3.63) is 48.2 Å². The van der Waals surface area contributed by atoms with Crippen molar-refractivity contribution in [2.24, 2.45) is 0 Å². The number of benzene rings is 1. The molecule has 2 aromatic rings. The van der Waals surface area contributed by atoms with E-state index in [9.17, 15) is 17.2 Å². The van der Waals surface area contributed by atoms with Crippen LogP contribution in [0, 0.1) is 0 Å². The van der Waals surface area contributed by atoms with E-state index in [1.807, 2.05) is 0 Å². The number of alkyl halides is 2. The van der Waals surface area contributed by atoms with Gasteiger partial charge in [0.1, 0.15) is 10.6 Å². The lowest BCUT2D eigenvalue weighted by Crippen LogP contribution is -2.35. The minimum atomic E-state index is -3.47. The van der Waals surface area contributed by atoms with Crippen LogP contribution in [0.2, 0.25) is 0 Å². The minimum absolute atomic E-state index is 0.115. The fourth-order valence-corrected chi connectivity index (χ4v) is 5.04. The van der Waals surface area contributed by atoms with Gasteiger partial charge in [-0.15, -0.1) is 11.8 Å². The topological polar surface area (TPSA) is 59.5 Å². The molecule has 27 heavy (non-hydrogen) atoms. The first-order chi connectivity index (χ1) is 12.9. The summed E-state index contributed by atoms with van der Waals surface area (Å²) in [5.41, 5.74) is 0.924. The summed E-state index contributed by atoms with van der Waals surface area (Å²) in [5, 5.41) is 0.695. The molecule has 0 saturated carbocycles. The average molecular weight is 414 g/mol. The molecule has 1 fully saturated rings. The van der Waals surface area contributed by atoms with Crippen LogP contribution in [0.15, 0.2) is 52.5 Å². The molecule has 0 aliphatic carbocycles. The summed E-state index contributed by atoms with van der Waals surface area (Å²) in [7, 11) is -3.47. The molecule has 1 aromatic carbocycles. The van der Waals surface area contributed by atoms with E-state index in [1.54, 1.807) is 24.3 Å². The SMILES string of the molecule is O=S(=O)(c1ccc(SCc2ccc(OC(F)F)cc2)nc1)N1CCCCC1. The molecule has 2 heterocycles. The molecule has 0 spiro atoms. The predicted octanol–water partition coefficient (Wildman–Crippen LogP) is 4.15. The lowest BCUT2D eigenvalue weighted by molar-refractivity contribution is -0.0498. The number of nitrogens with zero attached hydrogens (tertiary/aromatic N) is 2. The summed E-state index contributed by atoms with van der Waals surface area (Å²) < 4.78 is 55.3. The zero-order valence-electron chi connectivity index (χ0n) is 14.6. The van der Waals surface area contributed by atoms with Gasteiger partial charge in [0, 0.05) is 25.0 Å². The Labute approximate surface area is 161 Å². The van der Waals surface area contributed by atoms with E-state index in [0.29, 0.717) is 23.9 Å². The molecule has 0 amide bonds. The number of halogens is 2. The second-order valence-corrected chi connectivity index (χ2v) is 9.04. The molecule has 1 aliphatic rings. The molecule has 0 unspecified atom stereocenters. The zero-order valence-corrected chi connectivity index (χ0v) is 16.2. The van der Waals surface area contributed by atoms with Crippen molar-refractivity contribution >= 4 is 21.8 Å². The Hall–Kier alpha value is -1.71. The molecular weight excluding hydrogens is 394 g/mol. The summed E-state index contributed by atoms with van der Waals surface area (Å²) in [6.45, 7) is -1.72. The number of sulfonamides is 1. The number of pyridine rings is 1. The maximum absolute atomic E-state index is 12.6. The highest BCUT2D eigenvalue weighted by Gasteiger charge is 2.26. The van der Waals surface area contributed by atoms with Crippen molar-refractivity contribution in [3.8, 4) is 5.75 Å². The van der Waals surface area contributed by atoms with Gasteiger partial charge in [0.25, 0.3) is 0 Å². The van der Waals surface area contributed by atoms with Crippen molar-refractivity contribution < 1.29 is 21.9 Å². The van der Waals surface area contributed by atoms with Gasteiger partial charge in [-0.2, -0.15) is 13.1 Å². The van der Waals surface area contributed by atoms with Crippen molar-refractivity contribution in [3.63, 3.8) is 0 Å². The fraction of sp³-hybridized carbons (Fsp3) is 0.389. The molecule has 146 valence electrons. The smallest absolute Gasteiger partial charge is 0.387 e. The molecule has 0 atom stereocenters. The lowest BCUT2D eigenvalue weighted by Gasteiger charge is -2.25. The minimum Gasteiger partial charge on any atom is -0.435 e. The maximum Gasteiger partial charge on any atom is 0.387 e. The van der Waals surface area contributed by atoms with Crippen LogP contribution < -0.4 is 4.74 Å². The van der Waals surface area contributed by atoms with Crippen molar-refractivity contribution in [1.82, 2.24) is 9.29 Å². The Morgan fingerprint density at radius 1 is 1.07 bits per heavy atom. The number of rotatable bonds is 7. The summed E-state index contributed by atoms with van der Waals surface area (Å²) >= 11 is 1.44. The second-order valence-electron chi connectivity index (χ2n) is 6.11. The van der Waals surface area contributed by atoms with Crippen LogP contribution >= 0.6 is 11.8 Å². The number of piperidine rings is 1. The first-order valence-electron chi connectivity index (χ1n) is 8.58. The number of hydrogen-bond donors (Lipinski definition) is 0. The van der Waals surface area contributed by atoms with Crippen LogP contribution in [0.3, 0.4) is 0 Å². The van der Waals surface area contributed by atoms with Gasteiger partial charge < -0.3 is 4.74 Å². The van der Waals surface area contributed by atoms with Crippen LogP contribution in [-0.4, -0.2) is 37.4 Å². The van der Waals surface area contributed by atoms with Crippen LogP contribution in [0.1, 0.15) is 24.8 Å². The second kappa shape index (κ2) is 8.99. The molecule has 0 bridgehead atoms. The van der Waals surface area contributed by atoms with E-state index in [2.05, 4.69) is 9.72 Å². The van der Waals surface area contributed by atoms with Gasteiger partial charge in [0.15, 0.2) is 0 Å². The fourth-order valence-electron chi connectivity index (χ4n) is 2.78. The molecule has 9 heteroatoms. The van der Waals surface area contributed by atoms with E-state index in [-0.39, 0.29) is 10.6 Å². The van der Waals surface area contributed by atoms with Crippen molar-refractivity contribution in [2.75, 3.05) is 13.1 Å². The first kappa shape index (κ1) is 20.0. The quantitative estimate of drug-likeness (QED) is 0.637. The third kappa shape index (κ3) is 5.40. The monoisotopic (exact) mass is 414 g/mol. The zero-order chi connectivity index (χ0) is 19.3. The number of aromatic nitrogens is 1.